The molecule has 1 N–H and O–H groups in total. The van der Waals surface area contributed by atoms with Gasteiger partial charge in [0.05, 0.1) is 12.7 Å². The molecule has 0 amide bonds. The van der Waals surface area contributed by atoms with Gasteiger partial charge in [0.25, 0.3) is 0 Å². The third-order valence-electron chi connectivity index (χ3n) is 2.23. The maximum absolute atomic E-state index is 13.6. The van der Waals surface area contributed by atoms with Crippen LogP contribution < -0.4 is 4.74 Å². The van der Waals surface area contributed by atoms with E-state index in [1.165, 1.54) is 13.2 Å². The molecule has 0 fully saturated rings. The summed E-state index contributed by atoms with van der Waals surface area (Å²) in [5.74, 6) is -0.206. The van der Waals surface area contributed by atoms with Crippen LogP contribution in [-0.2, 0) is 5.60 Å². The molecule has 0 saturated carbocycles. The van der Waals surface area contributed by atoms with Crippen molar-refractivity contribution in [3.05, 3.63) is 29.1 Å². The first-order chi connectivity index (χ1) is 6.38. The van der Waals surface area contributed by atoms with Crippen molar-refractivity contribution >= 4 is 0 Å². The molecule has 78 valence electrons. The second-order valence-corrected chi connectivity index (χ2v) is 3.81. The van der Waals surface area contributed by atoms with Gasteiger partial charge in [0.2, 0.25) is 0 Å². The van der Waals surface area contributed by atoms with Crippen LogP contribution in [0.25, 0.3) is 0 Å². The Balaban J connectivity index is 3.31. The SMILES string of the molecule is COc1ccc(C(C)(C)O)c(C)c1F. The summed E-state index contributed by atoms with van der Waals surface area (Å²) in [5.41, 5.74) is -0.0235. The largest absolute Gasteiger partial charge is 0.494 e. The molecule has 0 heterocycles. The van der Waals surface area contributed by atoms with Crippen molar-refractivity contribution in [1.29, 1.82) is 0 Å². The van der Waals surface area contributed by atoms with E-state index in [9.17, 15) is 9.50 Å². The fourth-order valence-electron chi connectivity index (χ4n) is 1.48. The molecule has 14 heavy (non-hydrogen) atoms. The number of aliphatic hydroxyl groups is 1. The first-order valence-corrected chi connectivity index (χ1v) is 4.44. The van der Waals surface area contributed by atoms with Crippen LogP contribution in [0.3, 0.4) is 0 Å². The second kappa shape index (κ2) is 3.58. The average molecular weight is 198 g/mol. The van der Waals surface area contributed by atoms with Gasteiger partial charge < -0.3 is 9.84 Å². The molecular formula is C11H15FO2. The van der Waals surface area contributed by atoms with Crippen molar-refractivity contribution < 1.29 is 14.2 Å². The molecule has 3 heteroatoms. The number of ether oxygens (including phenoxy) is 1. The highest BCUT2D eigenvalue weighted by atomic mass is 19.1. The summed E-state index contributed by atoms with van der Waals surface area (Å²) in [4.78, 5) is 0. The third-order valence-corrected chi connectivity index (χ3v) is 2.23. The van der Waals surface area contributed by atoms with Gasteiger partial charge in [-0.15, -0.1) is 0 Å². The molecule has 0 atom stereocenters. The Hall–Kier alpha value is -1.09. The first kappa shape index (κ1) is 11.0. The Labute approximate surface area is 83.3 Å². The van der Waals surface area contributed by atoms with Crippen molar-refractivity contribution in [3.8, 4) is 5.75 Å². The van der Waals surface area contributed by atoms with E-state index in [1.807, 2.05) is 0 Å². The maximum Gasteiger partial charge on any atom is 0.168 e. The molecule has 0 aromatic heterocycles. The van der Waals surface area contributed by atoms with Gasteiger partial charge in [-0.25, -0.2) is 4.39 Å². The van der Waals surface area contributed by atoms with Gasteiger partial charge in [-0.2, -0.15) is 0 Å². The molecule has 0 aliphatic carbocycles. The summed E-state index contributed by atoms with van der Waals surface area (Å²) in [6.07, 6.45) is 0. The molecule has 2 nitrogen and oxygen atoms in total. The first-order valence-electron chi connectivity index (χ1n) is 4.44. The molecule has 0 radical (unpaired) electrons. The Kier molecular flexibility index (Phi) is 2.81. The number of hydrogen-bond donors (Lipinski definition) is 1. The van der Waals surface area contributed by atoms with Crippen molar-refractivity contribution in [2.45, 2.75) is 26.4 Å². The predicted molar refractivity (Wildman–Crippen MR) is 52.9 cm³/mol. The Morgan fingerprint density at radius 1 is 1.36 bits per heavy atom. The number of rotatable bonds is 2. The van der Waals surface area contributed by atoms with Crippen molar-refractivity contribution in [2.24, 2.45) is 0 Å². The molecule has 0 aliphatic heterocycles. The fourth-order valence-corrected chi connectivity index (χ4v) is 1.48. The summed E-state index contributed by atoms with van der Waals surface area (Å²) >= 11 is 0. The van der Waals surface area contributed by atoms with Crippen LogP contribution in [0.2, 0.25) is 0 Å². The molecular weight excluding hydrogens is 183 g/mol. The lowest BCUT2D eigenvalue weighted by Gasteiger charge is -2.21. The summed E-state index contributed by atoms with van der Waals surface area (Å²) < 4.78 is 18.4. The molecule has 1 aromatic carbocycles. The van der Waals surface area contributed by atoms with Crippen LogP contribution in [0.15, 0.2) is 12.1 Å². The van der Waals surface area contributed by atoms with Crippen molar-refractivity contribution in [1.82, 2.24) is 0 Å². The normalized spacial score (nSPS) is 11.6. The van der Waals surface area contributed by atoms with Gasteiger partial charge in [-0.3, -0.25) is 0 Å². The minimum absolute atomic E-state index is 0.204. The zero-order chi connectivity index (χ0) is 10.9. The van der Waals surface area contributed by atoms with E-state index in [1.54, 1.807) is 26.8 Å². The van der Waals surface area contributed by atoms with Crippen LogP contribution >= 0.6 is 0 Å². The van der Waals surface area contributed by atoms with Crippen LogP contribution in [0.5, 0.6) is 5.75 Å². The summed E-state index contributed by atoms with van der Waals surface area (Å²) in [6, 6.07) is 3.20. The molecule has 1 rings (SSSR count). The number of halogens is 1. The topological polar surface area (TPSA) is 29.5 Å². The summed E-state index contributed by atoms with van der Waals surface area (Å²) in [7, 11) is 1.42. The van der Waals surface area contributed by atoms with E-state index in [0.717, 1.165) is 0 Å². The minimum atomic E-state index is -1.03. The lowest BCUT2D eigenvalue weighted by molar-refractivity contribution is 0.0774. The standard InChI is InChI=1S/C11H15FO2/c1-7-8(11(2,3)13)5-6-9(14-4)10(7)12/h5-6,13H,1-4H3. The van der Waals surface area contributed by atoms with Crippen LogP contribution in [0.1, 0.15) is 25.0 Å². The van der Waals surface area contributed by atoms with Gasteiger partial charge in [-0.05, 0) is 38.0 Å². The Bertz CT molecular complexity index is 340. The zero-order valence-corrected chi connectivity index (χ0v) is 8.89. The van der Waals surface area contributed by atoms with Crippen molar-refractivity contribution in [3.63, 3.8) is 0 Å². The van der Waals surface area contributed by atoms with Gasteiger partial charge in [-0.1, -0.05) is 6.07 Å². The number of methoxy groups -OCH3 is 1. The van der Waals surface area contributed by atoms with E-state index < -0.39 is 11.4 Å². The Morgan fingerprint density at radius 2 is 1.93 bits per heavy atom. The summed E-state index contributed by atoms with van der Waals surface area (Å²) in [5, 5.41) is 9.75. The van der Waals surface area contributed by atoms with Gasteiger partial charge >= 0.3 is 0 Å². The molecule has 0 spiro atoms. The van der Waals surface area contributed by atoms with Gasteiger partial charge in [0.15, 0.2) is 11.6 Å². The van der Waals surface area contributed by atoms with E-state index in [4.69, 9.17) is 4.74 Å². The minimum Gasteiger partial charge on any atom is -0.494 e. The zero-order valence-electron chi connectivity index (χ0n) is 8.89. The smallest absolute Gasteiger partial charge is 0.168 e. The summed E-state index contributed by atoms with van der Waals surface area (Å²) in [6.45, 7) is 4.88. The average Bonchev–Trinajstić information content (AvgIpc) is 2.07. The second-order valence-electron chi connectivity index (χ2n) is 3.81. The quantitative estimate of drug-likeness (QED) is 0.790. The van der Waals surface area contributed by atoms with E-state index in [-0.39, 0.29) is 5.75 Å². The number of hydrogen-bond acceptors (Lipinski definition) is 2. The highest BCUT2D eigenvalue weighted by Gasteiger charge is 2.21. The lowest BCUT2D eigenvalue weighted by Crippen LogP contribution is -2.17. The van der Waals surface area contributed by atoms with E-state index >= 15 is 0 Å². The van der Waals surface area contributed by atoms with Gasteiger partial charge in [0, 0.05) is 0 Å². The molecule has 0 unspecified atom stereocenters. The predicted octanol–water partition coefficient (Wildman–Crippen LogP) is 2.37. The molecule has 1 aromatic rings. The molecule has 0 saturated heterocycles. The highest BCUT2D eigenvalue weighted by Crippen LogP contribution is 2.29. The van der Waals surface area contributed by atoms with E-state index in [0.29, 0.717) is 11.1 Å². The molecule has 0 aliphatic rings. The number of benzene rings is 1. The highest BCUT2D eigenvalue weighted by molar-refractivity contribution is 5.39. The van der Waals surface area contributed by atoms with Crippen LogP contribution in [-0.4, -0.2) is 12.2 Å². The van der Waals surface area contributed by atoms with E-state index in [2.05, 4.69) is 0 Å². The van der Waals surface area contributed by atoms with Crippen LogP contribution in [0, 0.1) is 12.7 Å². The van der Waals surface area contributed by atoms with Crippen molar-refractivity contribution in [2.75, 3.05) is 7.11 Å². The maximum atomic E-state index is 13.6. The molecule has 0 bridgehead atoms. The third kappa shape index (κ3) is 1.87. The Morgan fingerprint density at radius 3 is 2.36 bits per heavy atom. The fraction of sp³-hybridized carbons (Fsp3) is 0.455. The van der Waals surface area contributed by atoms with Crippen LogP contribution in [0.4, 0.5) is 4.39 Å². The lowest BCUT2D eigenvalue weighted by atomic mass is 9.93. The monoisotopic (exact) mass is 198 g/mol. The van der Waals surface area contributed by atoms with Gasteiger partial charge in [0.1, 0.15) is 0 Å².